The SMILES string of the molecule is CCC1(C(=O)O)CCCN1Cc1cc(C)ccc1F. The molecule has 1 aromatic carbocycles. The number of carboxylic acids is 1. The molecule has 19 heavy (non-hydrogen) atoms. The summed E-state index contributed by atoms with van der Waals surface area (Å²) < 4.78 is 13.8. The van der Waals surface area contributed by atoms with Gasteiger partial charge in [-0.25, -0.2) is 4.39 Å². The van der Waals surface area contributed by atoms with Crippen LogP contribution in [0.3, 0.4) is 0 Å². The second kappa shape index (κ2) is 5.29. The van der Waals surface area contributed by atoms with Crippen molar-refractivity contribution in [2.45, 2.75) is 45.2 Å². The minimum absolute atomic E-state index is 0.257. The molecule has 0 saturated carbocycles. The van der Waals surface area contributed by atoms with Crippen LogP contribution in [-0.4, -0.2) is 28.1 Å². The van der Waals surface area contributed by atoms with Crippen molar-refractivity contribution in [1.29, 1.82) is 0 Å². The smallest absolute Gasteiger partial charge is 0.324 e. The van der Waals surface area contributed by atoms with Gasteiger partial charge in [0.25, 0.3) is 0 Å². The summed E-state index contributed by atoms with van der Waals surface area (Å²) in [4.78, 5) is 13.5. The standard InChI is InChI=1S/C15H20FNO2/c1-3-15(14(18)19)7-4-8-17(15)10-12-9-11(2)5-6-13(12)16/h5-6,9H,3-4,7-8,10H2,1-2H3,(H,18,19). The largest absolute Gasteiger partial charge is 0.480 e. The van der Waals surface area contributed by atoms with E-state index in [1.54, 1.807) is 12.1 Å². The maximum absolute atomic E-state index is 13.8. The maximum Gasteiger partial charge on any atom is 0.324 e. The van der Waals surface area contributed by atoms with E-state index in [0.717, 1.165) is 12.0 Å². The second-order valence-corrected chi connectivity index (χ2v) is 5.31. The van der Waals surface area contributed by atoms with Crippen LogP contribution < -0.4 is 0 Å². The van der Waals surface area contributed by atoms with Crippen LogP contribution in [0.25, 0.3) is 0 Å². The van der Waals surface area contributed by atoms with Gasteiger partial charge in [0.15, 0.2) is 0 Å². The van der Waals surface area contributed by atoms with E-state index in [-0.39, 0.29) is 5.82 Å². The minimum Gasteiger partial charge on any atom is -0.480 e. The molecular weight excluding hydrogens is 245 g/mol. The molecule has 1 atom stereocenters. The Morgan fingerprint density at radius 1 is 1.53 bits per heavy atom. The van der Waals surface area contributed by atoms with Gasteiger partial charge in [-0.05, 0) is 38.8 Å². The highest BCUT2D eigenvalue weighted by Crippen LogP contribution is 2.34. The molecule has 0 spiro atoms. The molecule has 0 bridgehead atoms. The Kier molecular flexibility index (Phi) is 3.90. The van der Waals surface area contributed by atoms with Gasteiger partial charge in [0.2, 0.25) is 0 Å². The summed E-state index contributed by atoms with van der Waals surface area (Å²) in [5.74, 6) is -1.05. The van der Waals surface area contributed by atoms with Gasteiger partial charge in [0.1, 0.15) is 11.4 Å². The van der Waals surface area contributed by atoms with Crippen molar-refractivity contribution in [1.82, 2.24) is 4.90 Å². The molecule has 104 valence electrons. The molecule has 1 aliphatic heterocycles. The zero-order valence-corrected chi connectivity index (χ0v) is 11.4. The highest BCUT2D eigenvalue weighted by atomic mass is 19.1. The normalized spacial score (nSPS) is 23.7. The average Bonchev–Trinajstić information content (AvgIpc) is 2.78. The van der Waals surface area contributed by atoms with Crippen LogP contribution in [0.1, 0.15) is 37.3 Å². The number of aryl methyl sites for hydroxylation is 1. The van der Waals surface area contributed by atoms with Crippen LogP contribution in [0.2, 0.25) is 0 Å². The number of hydrogen-bond donors (Lipinski definition) is 1. The number of carbonyl (C=O) groups is 1. The summed E-state index contributed by atoms with van der Waals surface area (Å²) in [7, 11) is 0. The number of likely N-dealkylation sites (tertiary alicyclic amines) is 1. The molecule has 4 heteroatoms. The Morgan fingerprint density at radius 2 is 2.26 bits per heavy atom. The number of halogens is 1. The van der Waals surface area contributed by atoms with Crippen molar-refractivity contribution in [2.75, 3.05) is 6.54 Å². The van der Waals surface area contributed by atoms with Crippen molar-refractivity contribution < 1.29 is 14.3 Å². The van der Waals surface area contributed by atoms with E-state index in [2.05, 4.69) is 0 Å². The lowest BCUT2D eigenvalue weighted by Crippen LogP contribution is -2.49. The maximum atomic E-state index is 13.8. The summed E-state index contributed by atoms with van der Waals surface area (Å²) in [6.07, 6.45) is 2.05. The van der Waals surface area contributed by atoms with Gasteiger partial charge in [-0.2, -0.15) is 0 Å². The Labute approximate surface area is 113 Å². The summed E-state index contributed by atoms with van der Waals surface area (Å²) in [5, 5.41) is 9.50. The fourth-order valence-corrected chi connectivity index (χ4v) is 2.99. The first-order valence-electron chi connectivity index (χ1n) is 6.73. The van der Waals surface area contributed by atoms with Gasteiger partial charge in [-0.1, -0.05) is 24.6 Å². The fourth-order valence-electron chi connectivity index (χ4n) is 2.99. The van der Waals surface area contributed by atoms with E-state index >= 15 is 0 Å². The Bertz CT molecular complexity index is 489. The van der Waals surface area contributed by atoms with Crippen LogP contribution in [-0.2, 0) is 11.3 Å². The van der Waals surface area contributed by atoms with Gasteiger partial charge in [-0.3, -0.25) is 9.69 Å². The van der Waals surface area contributed by atoms with Crippen LogP contribution in [0, 0.1) is 12.7 Å². The third-order valence-electron chi connectivity index (χ3n) is 4.17. The van der Waals surface area contributed by atoms with Gasteiger partial charge in [0, 0.05) is 12.1 Å². The Balaban J connectivity index is 2.27. The number of nitrogens with zero attached hydrogens (tertiary/aromatic N) is 1. The number of hydrogen-bond acceptors (Lipinski definition) is 2. The van der Waals surface area contributed by atoms with Crippen LogP contribution in [0.4, 0.5) is 4.39 Å². The van der Waals surface area contributed by atoms with E-state index in [9.17, 15) is 14.3 Å². The molecule has 1 saturated heterocycles. The molecule has 1 unspecified atom stereocenters. The van der Waals surface area contributed by atoms with Crippen LogP contribution in [0.15, 0.2) is 18.2 Å². The van der Waals surface area contributed by atoms with Crippen molar-refractivity contribution in [2.24, 2.45) is 0 Å². The first-order valence-corrected chi connectivity index (χ1v) is 6.73. The summed E-state index contributed by atoms with van der Waals surface area (Å²) in [5.41, 5.74) is 0.755. The molecule has 1 aliphatic rings. The van der Waals surface area contributed by atoms with Crippen molar-refractivity contribution >= 4 is 5.97 Å². The van der Waals surface area contributed by atoms with E-state index in [0.29, 0.717) is 31.5 Å². The first kappa shape index (κ1) is 14.0. The summed E-state index contributed by atoms with van der Waals surface area (Å²) in [6, 6.07) is 4.98. The van der Waals surface area contributed by atoms with Crippen molar-refractivity contribution in [3.8, 4) is 0 Å². The predicted octanol–water partition coefficient (Wildman–Crippen LogP) is 2.96. The summed E-state index contributed by atoms with van der Waals surface area (Å²) in [6.45, 7) is 4.89. The Morgan fingerprint density at radius 3 is 2.89 bits per heavy atom. The molecule has 1 heterocycles. The van der Waals surface area contributed by atoms with Gasteiger partial charge in [-0.15, -0.1) is 0 Å². The van der Waals surface area contributed by atoms with Gasteiger partial charge < -0.3 is 5.11 Å². The third-order valence-corrected chi connectivity index (χ3v) is 4.17. The monoisotopic (exact) mass is 265 g/mol. The molecule has 2 rings (SSSR count). The van der Waals surface area contributed by atoms with E-state index in [1.807, 2.05) is 18.7 Å². The van der Waals surface area contributed by atoms with Crippen LogP contribution >= 0.6 is 0 Å². The topological polar surface area (TPSA) is 40.5 Å². The lowest BCUT2D eigenvalue weighted by molar-refractivity contribution is -0.150. The van der Waals surface area contributed by atoms with Crippen LogP contribution in [0.5, 0.6) is 0 Å². The first-order chi connectivity index (χ1) is 8.99. The zero-order valence-electron chi connectivity index (χ0n) is 11.4. The third kappa shape index (κ3) is 2.50. The van der Waals surface area contributed by atoms with Crippen molar-refractivity contribution in [3.05, 3.63) is 35.1 Å². The molecule has 0 radical (unpaired) electrons. The van der Waals surface area contributed by atoms with Crippen molar-refractivity contribution in [3.63, 3.8) is 0 Å². The molecule has 0 aliphatic carbocycles. The minimum atomic E-state index is -0.823. The van der Waals surface area contributed by atoms with E-state index in [4.69, 9.17) is 0 Å². The quantitative estimate of drug-likeness (QED) is 0.910. The number of aliphatic carboxylic acids is 1. The Hall–Kier alpha value is -1.42. The number of carboxylic acid groups (broad SMARTS) is 1. The molecule has 1 N–H and O–H groups in total. The van der Waals surface area contributed by atoms with E-state index in [1.165, 1.54) is 6.07 Å². The summed E-state index contributed by atoms with van der Waals surface area (Å²) >= 11 is 0. The molecule has 1 fully saturated rings. The lowest BCUT2D eigenvalue weighted by atomic mass is 9.92. The molecule has 0 aromatic heterocycles. The predicted molar refractivity (Wildman–Crippen MR) is 71.4 cm³/mol. The molecule has 1 aromatic rings. The lowest BCUT2D eigenvalue weighted by Gasteiger charge is -2.34. The molecular formula is C15H20FNO2. The zero-order chi connectivity index (χ0) is 14.0. The average molecular weight is 265 g/mol. The number of benzene rings is 1. The van der Waals surface area contributed by atoms with Gasteiger partial charge in [0.05, 0.1) is 0 Å². The second-order valence-electron chi connectivity index (χ2n) is 5.31. The number of rotatable bonds is 4. The van der Waals surface area contributed by atoms with E-state index < -0.39 is 11.5 Å². The molecule has 0 amide bonds. The highest BCUT2D eigenvalue weighted by molar-refractivity contribution is 5.79. The fraction of sp³-hybridized carbons (Fsp3) is 0.533. The van der Waals surface area contributed by atoms with Gasteiger partial charge >= 0.3 is 5.97 Å². The molecule has 3 nitrogen and oxygen atoms in total. The highest BCUT2D eigenvalue weighted by Gasteiger charge is 2.46.